The first kappa shape index (κ1) is 19.0. The second-order valence-corrected chi connectivity index (χ2v) is 9.56. The highest BCUT2D eigenvalue weighted by Crippen LogP contribution is 2.61. The Hall–Kier alpha value is -1.36. The van der Waals surface area contributed by atoms with Gasteiger partial charge in [-0.1, -0.05) is 6.92 Å². The summed E-state index contributed by atoms with van der Waals surface area (Å²) in [6.45, 7) is 5.30. The lowest BCUT2D eigenvalue weighted by Gasteiger charge is -2.50. The molecule has 1 aromatic carbocycles. The molecule has 0 bridgehead atoms. The van der Waals surface area contributed by atoms with Crippen molar-refractivity contribution in [3.05, 3.63) is 27.7 Å². The molecule has 2 saturated carbocycles. The van der Waals surface area contributed by atoms with Crippen LogP contribution in [0.3, 0.4) is 0 Å². The third-order valence-corrected chi connectivity index (χ3v) is 7.87. The Bertz CT molecular complexity index is 789. The summed E-state index contributed by atoms with van der Waals surface area (Å²) in [4.78, 5) is 22.9. The number of hydrogen-bond donors (Lipinski definition) is 0. The van der Waals surface area contributed by atoms with Crippen LogP contribution >= 0.6 is 15.9 Å². The maximum atomic E-state index is 11.5. The zero-order chi connectivity index (χ0) is 19.3. The van der Waals surface area contributed by atoms with E-state index in [2.05, 4.69) is 28.9 Å². The number of rotatable bonds is 2. The largest absolute Gasteiger partial charge is 0.462 e. The van der Waals surface area contributed by atoms with Crippen LogP contribution in [0.25, 0.3) is 0 Å². The molecule has 3 aliphatic carbocycles. The van der Waals surface area contributed by atoms with Crippen molar-refractivity contribution >= 4 is 27.9 Å². The van der Waals surface area contributed by atoms with Crippen molar-refractivity contribution < 1.29 is 19.1 Å². The Kier molecular flexibility index (Phi) is 4.86. The zero-order valence-corrected chi connectivity index (χ0v) is 17.8. The van der Waals surface area contributed by atoms with Gasteiger partial charge in [0, 0.05) is 19.3 Å². The van der Waals surface area contributed by atoms with Gasteiger partial charge in [-0.2, -0.15) is 0 Å². The second-order valence-electron chi connectivity index (χ2n) is 8.71. The van der Waals surface area contributed by atoms with E-state index in [1.165, 1.54) is 25.0 Å². The molecule has 0 spiro atoms. The predicted octanol–water partition coefficient (Wildman–Crippen LogP) is 5.16. The predicted molar refractivity (Wildman–Crippen MR) is 106 cm³/mol. The lowest BCUT2D eigenvalue weighted by atomic mass is 9.55. The van der Waals surface area contributed by atoms with Gasteiger partial charge < -0.3 is 9.47 Å². The van der Waals surface area contributed by atoms with Gasteiger partial charge in [-0.25, -0.2) is 0 Å². The average Bonchev–Trinajstić information content (AvgIpc) is 2.91. The first-order valence-electron chi connectivity index (χ1n) is 9.97. The first-order valence-corrected chi connectivity index (χ1v) is 10.8. The molecule has 3 aliphatic rings. The van der Waals surface area contributed by atoms with Gasteiger partial charge in [0.2, 0.25) is 0 Å². The molecule has 5 heteroatoms. The van der Waals surface area contributed by atoms with Crippen molar-refractivity contribution in [3.8, 4) is 5.75 Å². The molecule has 146 valence electrons. The highest BCUT2D eigenvalue weighted by Gasteiger charge is 2.56. The second kappa shape index (κ2) is 6.91. The molecule has 0 radical (unpaired) electrons. The van der Waals surface area contributed by atoms with Gasteiger partial charge in [-0.15, -0.1) is 0 Å². The Morgan fingerprint density at radius 3 is 2.59 bits per heavy atom. The fraction of sp³-hybridized carbons (Fsp3) is 0.636. The number of ether oxygens (including phenoxy) is 2. The van der Waals surface area contributed by atoms with E-state index >= 15 is 0 Å². The van der Waals surface area contributed by atoms with Crippen molar-refractivity contribution in [1.29, 1.82) is 0 Å². The molecular formula is C22H27BrO4. The lowest BCUT2D eigenvalue weighted by Crippen LogP contribution is -2.45. The summed E-state index contributed by atoms with van der Waals surface area (Å²) in [6, 6.07) is 4.22. The summed E-state index contributed by atoms with van der Waals surface area (Å²) in [5, 5.41) is 0. The Balaban J connectivity index is 1.62. The van der Waals surface area contributed by atoms with Crippen molar-refractivity contribution in [2.24, 2.45) is 17.3 Å². The van der Waals surface area contributed by atoms with Gasteiger partial charge in [0.05, 0.1) is 4.47 Å². The smallest absolute Gasteiger partial charge is 0.308 e. The molecule has 1 aromatic rings. The quantitative estimate of drug-likeness (QED) is 0.476. The maximum Gasteiger partial charge on any atom is 0.308 e. The molecule has 0 saturated heterocycles. The Labute approximate surface area is 169 Å². The molecule has 2 fully saturated rings. The number of halogens is 1. The third-order valence-electron chi connectivity index (χ3n) is 7.25. The third kappa shape index (κ3) is 3.22. The monoisotopic (exact) mass is 434 g/mol. The number of carbonyl (C=O) groups is 2. The standard InChI is InChI=1S/C22H27BrO4/c1-12(24)26-20-10-14-4-5-16-15(17(14)11-19(20)23)8-9-22(3)18(16)6-7-21(22)27-13(2)25/h10-11,15-16,18,21H,4-9H2,1-3H3. The molecule has 0 heterocycles. The number of aryl methyl sites for hydroxylation is 1. The average molecular weight is 435 g/mol. The minimum Gasteiger partial charge on any atom is -0.462 e. The van der Waals surface area contributed by atoms with E-state index in [0.717, 1.165) is 43.0 Å². The highest BCUT2D eigenvalue weighted by molar-refractivity contribution is 9.10. The fourth-order valence-corrected chi connectivity index (χ4v) is 6.59. The highest BCUT2D eigenvalue weighted by atomic mass is 79.9. The van der Waals surface area contributed by atoms with Gasteiger partial charge in [-0.05, 0) is 95.5 Å². The summed E-state index contributed by atoms with van der Waals surface area (Å²) in [5.41, 5.74) is 2.83. The topological polar surface area (TPSA) is 52.6 Å². The molecule has 0 aromatic heterocycles. The van der Waals surface area contributed by atoms with Gasteiger partial charge in [0.1, 0.15) is 11.9 Å². The molecule has 4 nitrogen and oxygen atoms in total. The number of carbonyl (C=O) groups excluding carboxylic acids is 2. The van der Waals surface area contributed by atoms with E-state index in [1.807, 2.05) is 6.07 Å². The molecule has 4 rings (SSSR count). The number of fused-ring (bicyclic) bond motifs is 5. The molecule has 0 aliphatic heterocycles. The summed E-state index contributed by atoms with van der Waals surface area (Å²) in [7, 11) is 0. The van der Waals surface area contributed by atoms with Crippen LogP contribution in [0, 0.1) is 17.3 Å². The Morgan fingerprint density at radius 2 is 1.89 bits per heavy atom. The van der Waals surface area contributed by atoms with E-state index in [9.17, 15) is 9.59 Å². The van der Waals surface area contributed by atoms with Crippen molar-refractivity contribution in [1.82, 2.24) is 0 Å². The van der Waals surface area contributed by atoms with E-state index in [4.69, 9.17) is 9.47 Å². The van der Waals surface area contributed by atoms with Crippen LogP contribution < -0.4 is 4.74 Å². The summed E-state index contributed by atoms with van der Waals surface area (Å²) in [6.07, 6.45) is 6.61. The fourth-order valence-electron chi connectivity index (χ4n) is 6.15. The normalized spacial score (nSPS) is 34.2. The molecule has 5 atom stereocenters. The van der Waals surface area contributed by atoms with Crippen LogP contribution in [0.2, 0.25) is 0 Å². The van der Waals surface area contributed by atoms with Crippen molar-refractivity contribution in [2.75, 3.05) is 0 Å². The number of benzene rings is 1. The van der Waals surface area contributed by atoms with Crippen LogP contribution in [-0.2, 0) is 20.7 Å². The van der Waals surface area contributed by atoms with E-state index in [1.54, 1.807) is 0 Å². The number of esters is 2. The van der Waals surface area contributed by atoms with Crippen molar-refractivity contribution in [3.63, 3.8) is 0 Å². The van der Waals surface area contributed by atoms with E-state index in [-0.39, 0.29) is 23.5 Å². The van der Waals surface area contributed by atoms with Gasteiger partial charge in [0.15, 0.2) is 0 Å². The van der Waals surface area contributed by atoms with Crippen molar-refractivity contribution in [2.45, 2.75) is 71.3 Å². The maximum absolute atomic E-state index is 11.5. The SMILES string of the molecule is CC(=O)Oc1cc2c(cc1Br)C1CCC3(C)C(OC(C)=O)CCC3C1CC2. The van der Waals surface area contributed by atoms with Crippen LogP contribution in [0.15, 0.2) is 16.6 Å². The minimum atomic E-state index is -0.291. The summed E-state index contributed by atoms with van der Waals surface area (Å²) < 4.78 is 11.9. The van der Waals surface area contributed by atoms with E-state index < -0.39 is 0 Å². The van der Waals surface area contributed by atoms with Gasteiger partial charge in [0.25, 0.3) is 0 Å². The molecular weight excluding hydrogens is 408 g/mol. The summed E-state index contributed by atoms with van der Waals surface area (Å²) in [5.74, 6) is 1.98. The molecule has 0 amide bonds. The zero-order valence-electron chi connectivity index (χ0n) is 16.2. The first-order chi connectivity index (χ1) is 12.8. The van der Waals surface area contributed by atoms with Crippen LogP contribution in [0.1, 0.15) is 69.9 Å². The van der Waals surface area contributed by atoms with E-state index in [0.29, 0.717) is 23.5 Å². The molecule has 0 N–H and O–H groups in total. The number of hydrogen-bond acceptors (Lipinski definition) is 4. The van der Waals surface area contributed by atoms with Gasteiger partial charge >= 0.3 is 11.9 Å². The van der Waals surface area contributed by atoms with Crippen LogP contribution in [-0.4, -0.2) is 18.0 Å². The molecule has 27 heavy (non-hydrogen) atoms. The lowest BCUT2D eigenvalue weighted by molar-refractivity contribution is -0.154. The molecule has 5 unspecified atom stereocenters. The van der Waals surface area contributed by atoms with Crippen LogP contribution in [0.5, 0.6) is 5.75 Å². The van der Waals surface area contributed by atoms with Crippen LogP contribution in [0.4, 0.5) is 0 Å². The Morgan fingerprint density at radius 1 is 1.11 bits per heavy atom. The minimum absolute atomic E-state index is 0.0698. The summed E-state index contributed by atoms with van der Waals surface area (Å²) >= 11 is 3.59. The van der Waals surface area contributed by atoms with Gasteiger partial charge in [-0.3, -0.25) is 9.59 Å².